The highest BCUT2D eigenvalue weighted by molar-refractivity contribution is 7.92. The molecule has 2 aliphatic carbocycles. The van der Waals surface area contributed by atoms with Gasteiger partial charge in [0.15, 0.2) is 9.84 Å². The molecule has 0 heterocycles. The van der Waals surface area contributed by atoms with Crippen molar-refractivity contribution in [2.24, 2.45) is 5.41 Å². The SMILES string of the molecule is CC(C)(CNC1CCC2(CCCC2)CC1)S(C)(=O)=O. The van der Waals surface area contributed by atoms with Gasteiger partial charge in [-0.1, -0.05) is 12.8 Å². The van der Waals surface area contributed by atoms with Gasteiger partial charge in [-0.2, -0.15) is 0 Å². The topological polar surface area (TPSA) is 46.2 Å². The Kier molecular flexibility index (Phi) is 4.32. The largest absolute Gasteiger partial charge is 0.312 e. The minimum absolute atomic E-state index is 0.521. The van der Waals surface area contributed by atoms with Crippen molar-refractivity contribution in [2.75, 3.05) is 12.8 Å². The van der Waals surface area contributed by atoms with Crippen LogP contribution in [0.2, 0.25) is 0 Å². The monoisotopic (exact) mass is 287 g/mol. The van der Waals surface area contributed by atoms with Crippen LogP contribution in [0.4, 0.5) is 0 Å². The van der Waals surface area contributed by atoms with Crippen LogP contribution < -0.4 is 5.32 Å². The van der Waals surface area contributed by atoms with Crippen molar-refractivity contribution >= 4 is 9.84 Å². The van der Waals surface area contributed by atoms with E-state index in [-0.39, 0.29) is 0 Å². The summed E-state index contributed by atoms with van der Waals surface area (Å²) in [6.45, 7) is 4.21. The van der Waals surface area contributed by atoms with Gasteiger partial charge in [0.25, 0.3) is 0 Å². The lowest BCUT2D eigenvalue weighted by Crippen LogP contribution is -2.46. The van der Waals surface area contributed by atoms with Crippen molar-refractivity contribution in [1.29, 1.82) is 0 Å². The maximum atomic E-state index is 11.7. The molecular formula is C15H29NO2S. The Morgan fingerprint density at radius 3 is 2.11 bits per heavy atom. The lowest BCUT2D eigenvalue weighted by Gasteiger charge is -2.38. The summed E-state index contributed by atoms with van der Waals surface area (Å²) in [5, 5.41) is 3.50. The van der Waals surface area contributed by atoms with Gasteiger partial charge in [0, 0.05) is 18.8 Å². The minimum atomic E-state index is -2.99. The van der Waals surface area contributed by atoms with Crippen molar-refractivity contribution in [1.82, 2.24) is 5.32 Å². The van der Waals surface area contributed by atoms with Crippen LogP contribution in [0, 0.1) is 5.41 Å². The Bertz CT molecular complexity index is 398. The molecule has 19 heavy (non-hydrogen) atoms. The maximum absolute atomic E-state index is 11.7. The molecule has 0 aromatic carbocycles. The van der Waals surface area contributed by atoms with Gasteiger partial charge in [-0.15, -0.1) is 0 Å². The molecule has 2 aliphatic rings. The first-order chi connectivity index (χ1) is 8.74. The highest BCUT2D eigenvalue weighted by atomic mass is 32.2. The third kappa shape index (κ3) is 3.52. The Balaban J connectivity index is 1.80. The highest BCUT2D eigenvalue weighted by Gasteiger charge is 2.38. The molecule has 0 aromatic rings. The number of rotatable bonds is 4. The first-order valence-corrected chi connectivity index (χ1v) is 9.56. The van der Waals surface area contributed by atoms with Gasteiger partial charge >= 0.3 is 0 Å². The van der Waals surface area contributed by atoms with Gasteiger partial charge < -0.3 is 5.32 Å². The van der Waals surface area contributed by atoms with Crippen LogP contribution in [0.5, 0.6) is 0 Å². The van der Waals surface area contributed by atoms with E-state index < -0.39 is 14.6 Å². The molecule has 112 valence electrons. The third-order valence-corrected chi connectivity index (χ3v) is 7.68. The molecule has 0 saturated heterocycles. The molecule has 2 saturated carbocycles. The van der Waals surface area contributed by atoms with E-state index in [1.54, 1.807) is 0 Å². The first-order valence-electron chi connectivity index (χ1n) is 7.67. The van der Waals surface area contributed by atoms with Gasteiger partial charge in [0.2, 0.25) is 0 Å². The molecular weight excluding hydrogens is 258 g/mol. The van der Waals surface area contributed by atoms with E-state index in [2.05, 4.69) is 5.32 Å². The van der Waals surface area contributed by atoms with E-state index in [0.29, 0.717) is 18.0 Å². The smallest absolute Gasteiger partial charge is 0.153 e. The molecule has 0 unspecified atom stereocenters. The molecule has 0 amide bonds. The normalized spacial score (nSPS) is 25.0. The highest BCUT2D eigenvalue weighted by Crippen LogP contribution is 2.48. The molecule has 2 fully saturated rings. The van der Waals surface area contributed by atoms with E-state index in [9.17, 15) is 8.42 Å². The maximum Gasteiger partial charge on any atom is 0.153 e. The molecule has 0 bridgehead atoms. The average Bonchev–Trinajstić information content (AvgIpc) is 2.76. The summed E-state index contributed by atoms with van der Waals surface area (Å²) in [6, 6.07) is 0.521. The van der Waals surface area contributed by atoms with Crippen LogP contribution >= 0.6 is 0 Å². The van der Waals surface area contributed by atoms with Gasteiger partial charge in [-0.3, -0.25) is 0 Å². The predicted octanol–water partition coefficient (Wildman–Crippen LogP) is 2.90. The lowest BCUT2D eigenvalue weighted by molar-refractivity contribution is 0.167. The Hall–Kier alpha value is -0.0900. The summed E-state index contributed by atoms with van der Waals surface area (Å²) >= 11 is 0. The minimum Gasteiger partial charge on any atom is -0.312 e. The number of sulfone groups is 1. The Labute approximate surface area is 118 Å². The summed E-state index contributed by atoms with van der Waals surface area (Å²) in [4.78, 5) is 0. The number of hydrogen-bond acceptors (Lipinski definition) is 3. The zero-order chi connectivity index (χ0) is 14.1. The average molecular weight is 287 g/mol. The van der Waals surface area contributed by atoms with Crippen LogP contribution in [-0.4, -0.2) is 32.0 Å². The van der Waals surface area contributed by atoms with E-state index >= 15 is 0 Å². The Morgan fingerprint density at radius 2 is 1.63 bits per heavy atom. The summed E-state index contributed by atoms with van der Waals surface area (Å²) < 4.78 is 22.7. The fraction of sp³-hybridized carbons (Fsp3) is 1.00. The van der Waals surface area contributed by atoms with Crippen LogP contribution in [0.15, 0.2) is 0 Å². The molecule has 0 aromatic heterocycles. The van der Waals surface area contributed by atoms with Gasteiger partial charge in [0.1, 0.15) is 0 Å². The molecule has 1 spiro atoms. The summed E-state index contributed by atoms with van der Waals surface area (Å²) in [5.41, 5.74) is 0.657. The van der Waals surface area contributed by atoms with Crippen molar-refractivity contribution in [2.45, 2.75) is 76.0 Å². The quantitative estimate of drug-likeness (QED) is 0.865. The van der Waals surface area contributed by atoms with Crippen molar-refractivity contribution in [3.8, 4) is 0 Å². The molecule has 0 radical (unpaired) electrons. The van der Waals surface area contributed by atoms with Crippen LogP contribution in [-0.2, 0) is 9.84 Å². The van der Waals surface area contributed by atoms with Crippen LogP contribution in [0.25, 0.3) is 0 Å². The van der Waals surface area contributed by atoms with Gasteiger partial charge in [0.05, 0.1) is 4.75 Å². The third-order valence-electron chi connectivity index (χ3n) is 5.53. The molecule has 4 heteroatoms. The summed E-state index contributed by atoms with van der Waals surface area (Å²) in [5.74, 6) is 0. The zero-order valence-electron chi connectivity index (χ0n) is 12.7. The Morgan fingerprint density at radius 1 is 1.11 bits per heavy atom. The number of hydrogen-bond donors (Lipinski definition) is 1. The molecule has 2 rings (SSSR count). The van der Waals surface area contributed by atoms with E-state index in [0.717, 1.165) is 0 Å². The second-order valence-corrected chi connectivity index (χ2v) is 10.0. The van der Waals surface area contributed by atoms with Crippen molar-refractivity contribution in [3.63, 3.8) is 0 Å². The van der Waals surface area contributed by atoms with Gasteiger partial charge in [-0.25, -0.2) is 8.42 Å². The standard InChI is InChI=1S/C15H29NO2S/c1-14(2,19(3,17)18)12-16-13-6-10-15(11-7-13)8-4-5-9-15/h13,16H,4-12H2,1-3H3. The van der Waals surface area contributed by atoms with Gasteiger partial charge in [-0.05, 0) is 57.8 Å². The second-order valence-electron chi connectivity index (χ2n) is 7.39. The van der Waals surface area contributed by atoms with E-state index in [4.69, 9.17) is 0 Å². The zero-order valence-corrected chi connectivity index (χ0v) is 13.5. The summed E-state index contributed by atoms with van der Waals surface area (Å²) in [7, 11) is -2.99. The molecule has 0 aliphatic heterocycles. The molecule has 1 N–H and O–H groups in total. The fourth-order valence-electron chi connectivity index (χ4n) is 3.58. The predicted molar refractivity (Wildman–Crippen MR) is 80.1 cm³/mol. The number of nitrogens with one attached hydrogen (secondary N) is 1. The van der Waals surface area contributed by atoms with E-state index in [1.165, 1.54) is 57.6 Å². The second kappa shape index (κ2) is 5.36. The fourth-order valence-corrected chi connectivity index (χ4v) is 3.93. The molecule has 0 atom stereocenters. The van der Waals surface area contributed by atoms with E-state index in [1.807, 2.05) is 13.8 Å². The van der Waals surface area contributed by atoms with Crippen LogP contribution in [0.3, 0.4) is 0 Å². The van der Waals surface area contributed by atoms with Crippen molar-refractivity contribution < 1.29 is 8.42 Å². The van der Waals surface area contributed by atoms with Crippen LogP contribution in [0.1, 0.15) is 65.2 Å². The molecule has 3 nitrogen and oxygen atoms in total. The summed E-state index contributed by atoms with van der Waals surface area (Å²) in [6.07, 6.45) is 12.1. The first kappa shape index (κ1) is 15.3. The lowest BCUT2D eigenvalue weighted by atomic mass is 9.71. The van der Waals surface area contributed by atoms with Crippen molar-refractivity contribution in [3.05, 3.63) is 0 Å².